The van der Waals surface area contributed by atoms with E-state index < -0.39 is 6.04 Å². The van der Waals surface area contributed by atoms with Crippen molar-refractivity contribution in [2.24, 2.45) is 0 Å². The number of ether oxygens (including phenoxy) is 1. The van der Waals surface area contributed by atoms with Gasteiger partial charge < -0.3 is 15.0 Å². The third-order valence-corrected chi connectivity index (χ3v) is 5.11. The van der Waals surface area contributed by atoms with Crippen molar-refractivity contribution in [1.82, 2.24) is 15.1 Å². The number of amides is 2. The Bertz CT molecular complexity index is 590. The number of rotatable bonds is 4. The minimum Gasteiger partial charge on any atom is -0.496 e. The second-order valence-corrected chi connectivity index (χ2v) is 6.66. The molecule has 2 atom stereocenters. The Balaban J connectivity index is 1.61. The van der Waals surface area contributed by atoms with Gasteiger partial charge in [-0.05, 0) is 51.4 Å². The van der Waals surface area contributed by atoms with Crippen LogP contribution in [0.3, 0.4) is 0 Å². The summed E-state index contributed by atoms with van der Waals surface area (Å²) < 4.78 is 19.4. The lowest BCUT2D eigenvalue weighted by atomic mass is 10.1. The highest BCUT2D eigenvalue weighted by atomic mass is 19.1. The molecule has 6 heteroatoms. The molecular formula is C18H26FN3O2. The molecule has 0 aromatic heterocycles. The first-order valence-electron chi connectivity index (χ1n) is 8.72. The molecule has 2 heterocycles. The molecule has 2 aliphatic rings. The van der Waals surface area contributed by atoms with E-state index in [1.807, 2.05) is 4.90 Å². The summed E-state index contributed by atoms with van der Waals surface area (Å²) in [5.41, 5.74) is 0.392. The van der Waals surface area contributed by atoms with Crippen LogP contribution in [0.15, 0.2) is 18.2 Å². The molecule has 2 fully saturated rings. The molecule has 1 aromatic carbocycles. The summed E-state index contributed by atoms with van der Waals surface area (Å²) in [5.74, 6) is 0.0951. The van der Waals surface area contributed by atoms with Crippen LogP contribution < -0.4 is 10.1 Å². The van der Waals surface area contributed by atoms with Crippen molar-refractivity contribution < 1.29 is 13.9 Å². The average Bonchev–Trinajstić information content (AvgIpc) is 3.25. The fraction of sp³-hybridized carbons (Fsp3) is 0.611. The molecule has 1 aromatic rings. The monoisotopic (exact) mass is 335 g/mol. The molecule has 132 valence electrons. The fourth-order valence-electron chi connectivity index (χ4n) is 3.80. The summed E-state index contributed by atoms with van der Waals surface area (Å²) in [5, 5.41) is 2.91. The van der Waals surface area contributed by atoms with E-state index in [4.69, 9.17) is 4.74 Å². The number of methoxy groups -OCH3 is 1. The van der Waals surface area contributed by atoms with Gasteiger partial charge in [-0.3, -0.25) is 4.90 Å². The van der Waals surface area contributed by atoms with Crippen LogP contribution in [0.1, 0.15) is 37.8 Å². The van der Waals surface area contributed by atoms with Crippen LogP contribution in [0.5, 0.6) is 5.75 Å². The van der Waals surface area contributed by atoms with Gasteiger partial charge >= 0.3 is 6.03 Å². The zero-order valence-electron chi connectivity index (χ0n) is 14.4. The van der Waals surface area contributed by atoms with Crippen LogP contribution in [-0.2, 0) is 0 Å². The molecule has 2 amide bonds. The van der Waals surface area contributed by atoms with Crippen molar-refractivity contribution >= 4 is 6.03 Å². The summed E-state index contributed by atoms with van der Waals surface area (Å²) in [6.07, 6.45) is 3.53. The van der Waals surface area contributed by atoms with Gasteiger partial charge in [-0.2, -0.15) is 0 Å². The first-order chi connectivity index (χ1) is 11.6. The number of likely N-dealkylation sites (tertiary alicyclic amines) is 2. The maximum absolute atomic E-state index is 14.1. The molecule has 5 nitrogen and oxygen atoms in total. The zero-order valence-corrected chi connectivity index (χ0v) is 14.4. The van der Waals surface area contributed by atoms with E-state index in [-0.39, 0.29) is 11.8 Å². The number of halogens is 1. The summed E-state index contributed by atoms with van der Waals surface area (Å²) >= 11 is 0. The minimum atomic E-state index is -0.445. The van der Waals surface area contributed by atoms with Crippen LogP contribution in [0, 0.1) is 5.82 Å². The van der Waals surface area contributed by atoms with E-state index in [9.17, 15) is 9.18 Å². The second kappa shape index (κ2) is 7.38. The van der Waals surface area contributed by atoms with Crippen molar-refractivity contribution in [3.63, 3.8) is 0 Å². The highest BCUT2D eigenvalue weighted by Gasteiger charge is 2.32. The molecule has 0 radical (unpaired) electrons. The largest absolute Gasteiger partial charge is 0.496 e. The van der Waals surface area contributed by atoms with Crippen molar-refractivity contribution in [3.8, 4) is 5.75 Å². The Hall–Kier alpha value is -1.82. The van der Waals surface area contributed by atoms with Crippen molar-refractivity contribution in [3.05, 3.63) is 29.6 Å². The highest BCUT2D eigenvalue weighted by Crippen LogP contribution is 2.28. The summed E-state index contributed by atoms with van der Waals surface area (Å²) in [6.45, 7) is 5.58. The van der Waals surface area contributed by atoms with Crippen molar-refractivity contribution in [2.45, 2.75) is 38.3 Å². The predicted molar refractivity (Wildman–Crippen MR) is 90.7 cm³/mol. The topological polar surface area (TPSA) is 44.8 Å². The smallest absolute Gasteiger partial charge is 0.317 e. The molecule has 0 aliphatic carbocycles. The van der Waals surface area contributed by atoms with E-state index in [2.05, 4.69) is 10.2 Å². The molecular weight excluding hydrogens is 309 g/mol. The SMILES string of the molecule is COc1cccc(F)c1[C@H](C)NC(=O)N1CC[C@H](N2CCCC2)C1. The van der Waals surface area contributed by atoms with Gasteiger partial charge in [0, 0.05) is 19.1 Å². The Morgan fingerprint density at radius 2 is 2.08 bits per heavy atom. The number of nitrogens with one attached hydrogen (secondary N) is 1. The summed E-state index contributed by atoms with van der Waals surface area (Å²) in [4.78, 5) is 16.9. The number of carbonyl (C=O) groups excluding carboxylic acids is 1. The molecule has 1 N–H and O–H groups in total. The second-order valence-electron chi connectivity index (χ2n) is 6.66. The molecule has 0 spiro atoms. The normalized spacial score (nSPS) is 22.6. The Morgan fingerprint density at radius 3 is 2.79 bits per heavy atom. The number of nitrogens with zero attached hydrogens (tertiary/aromatic N) is 2. The summed E-state index contributed by atoms with van der Waals surface area (Å²) in [7, 11) is 1.51. The highest BCUT2D eigenvalue weighted by molar-refractivity contribution is 5.75. The molecule has 3 rings (SSSR count). The standard InChI is InChI=1S/C18H26FN3O2/c1-13(17-15(19)6-5-7-16(17)24-2)20-18(23)22-11-8-14(12-22)21-9-3-4-10-21/h5-7,13-14H,3-4,8-12H2,1-2H3,(H,20,23)/t13-,14-/m0/s1. The van der Waals surface area contributed by atoms with Gasteiger partial charge in [-0.1, -0.05) is 6.07 Å². The van der Waals surface area contributed by atoms with Crippen LogP contribution >= 0.6 is 0 Å². The molecule has 2 saturated heterocycles. The van der Waals surface area contributed by atoms with Gasteiger partial charge in [-0.25, -0.2) is 9.18 Å². The molecule has 24 heavy (non-hydrogen) atoms. The van der Waals surface area contributed by atoms with Crippen LogP contribution in [0.25, 0.3) is 0 Å². The Kier molecular flexibility index (Phi) is 5.23. The number of hydrogen-bond donors (Lipinski definition) is 1. The quantitative estimate of drug-likeness (QED) is 0.920. The van der Waals surface area contributed by atoms with E-state index in [0.29, 0.717) is 17.4 Å². The van der Waals surface area contributed by atoms with Gasteiger partial charge in [0.25, 0.3) is 0 Å². The first kappa shape index (κ1) is 17.0. The van der Waals surface area contributed by atoms with Gasteiger partial charge in [0.15, 0.2) is 0 Å². The average molecular weight is 335 g/mol. The minimum absolute atomic E-state index is 0.130. The first-order valence-corrected chi connectivity index (χ1v) is 8.72. The van der Waals surface area contributed by atoms with E-state index >= 15 is 0 Å². The fourth-order valence-corrected chi connectivity index (χ4v) is 3.80. The lowest BCUT2D eigenvalue weighted by Gasteiger charge is -2.25. The van der Waals surface area contributed by atoms with Crippen LogP contribution in [0.4, 0.5) is 9.18 Å². The summed E-state index contributed by atoms with van der Waals surface area (Å²) in [6, 6.07) is 4.60. The zero-order chi connectivity index (χ0) is 17.1. The Labute approximate surface area is 142 Å². The number of carbonyl (C=O) groups is 1. The number of hydrogen-bond acceptors (Lipinski definition) is 3. The lowest BCUT2D eigenvalue weighted by Crippen LogP contribution is -2.42. The van der Waals surface area contributed by atoms with E-state index in [1.165, 1.54) is 26.0 Å². The van der Waals surface area contributed by atoms with Crippen LogP contribution in [0.2, 0.25) is 0 Å². The molecule has 0 bridgehead atoms. The Morgan fingerprint density at radius 1 is 1.33 bits per heavy atom. The lowest BCUT2D eigenvalue weighted by molar-refractivity contribution is 0.195. The third-order valence-electron chi connectivity index (χ3n) is 5.11. The van der Waals surface area contributed by atoms with Gasteiger partial charge in [0.1, 0.15) is 11.6 Å². The number of urea groups is 1. The van der Waals surface area contributed by atoms with Crippen molar-refractivity contribution in [1.29, 1.82) is 0 Å². The van der Waals surface area contributed by atoms with Crippen molar-refractivity contribution in [2.75, 3.05) is 33.3 Å². The maximum Gasteiger partial charge on any atom is 0.317 e. The maximum atomic E-state index is 14.1. The van der Waals surface area contributed by atoms with E-state index in [0.717, 1.165) is 32.6 Å². The molecule has 0 unspecified atom stereocenters. The van der Waals surface area contributed by atoms with Gasteiger partial charge in [0.05, 0.1) is 18.7 Å². The molecule has 2 aliphatic heterocycles. The van der Waals surface area contributed by atoms with Crippen LogP contribution in [-0.4, -0.2) is 55.2 Å². The van der Waals surface area contributed by atoms with Gasteiger partial charge in [-0.15, -0.1) is 0 Å². The van der Waals surface area contributed by atoms with E-state index in [1.54, 1.807) is 19.1 Å². The number of benzene rings is 1. The third kappa shape index (κ3) is 3.48. The van der Waals surface area contributed by atoms with Gasteiger partial charge in [0.2, 0.25) is 0 Å². The molecule has 0 saturated carbocycles. The predicted octanol–water partition coefficient (Wildman–Crippen LogP) is 2.78.